The second-order valence-corrected chi connectivity index (χ2v) is 9.86. The minimum absolute atomic E-state index is 0. The molecule has 0 saturated carbocycles. The van der Waals surface area contributed by atoms with Crippen LogP contribution in [0.1, 0.15) is 36.6 Å². The molecule has 0 saturated heterocycles. The number of aliphatic carboxylic acids is 1. The van der Waals surface area contributed by atoms with Crippen LogP contribution in [-0.2, 0) is 20.9 Å². The molecule has 3 unspecified atom stereocenters. The molecule has 0 aliphatic carbocycles. The van der Waals surface area contributed by atoms with Crippen molar-refractivity contribution < 1.29 is 28.9 Å². The van der Waals surface area contributed by atoms with Gasteiger partial charge in [0.05, 0.1) is 12.7 Å². The van der Waals surface area contributed by atoms with Crippen LogP contribution in [0, 0.1) is 5.41 Å². The fourth-order valence-corrected chi connectivity index (χ4v) is 5.93. The second kappa shape index (κ2) is 10.9. The third-order valence-electron chi connectivity index (χ3n) is 6.87. The Morgan fingerprint density at radius 2 is 2.06 bits per heavy atom. The predicted molar refractivity (Wildman–Crippen MR) is 135 cm³/mol. The van der Waals surface area contributed by atoms with Crippen molar-refractivity contribution in [1.29, 1.82) is 0 Å². The third-order valence-corrected chi connectivity index (χ3v) is 7.73. The molecule has 8 nitrogen and oxygen atoms in total. The van der Waals surface area contributed by atoms with Crippen LogP contribution in [0.2, 0.25) is 0 Å². The highest BCUT2D eigenvalue weighted by Crippen LogP contribution is 2.54. The summed E-state index contributed by atoms with van der Waals surface area (Å²) in [6, 6.07) is 9.01. The van der Waals surface area contributed by atoms with Crippen molar-refractivity contribution >= 4 is 35.7 Å². The Hall–Kier alpha value is -2.75. The van der Waals surface area contributed by atoms with E-state index in [0.717, 1.165) is 6.54 Å². The lowest BCUT2D eigenvalue weighted by Gasteiger charge is -2.47. The zero-order valence-electron chi connectivity index (χ0n) is 20.2. The van der Waals surface area contributed by atoms with Crippen molar-refractivity contribution in [3.05, 3.63) is 57.4 Å². The summed E-state index contributed by atoms with van der Waals surface area (Å²) in [4.78, 5) is 29.5. The highest BCUT2D eigenvalue weighted by Gasteiger charge is 2.57. The average Bonchev–Trinajstić information content (AvgIpc) is 3.49. The maximum Gasteiger partial charge on any atom is 0.336 e. The molecule has 0 amide bonds. The normalized spacial score (nSPS) is 23.0. The topological polar surface area (TPSA) is 97.3 Å². The third kappa shape index (κ3) is 4.85. The molecule has 2 aliphatic rings. The van der Waals surface area contributed by atoms with Crippen molar-refractivity contribution in [3.63, 3.8) is 0 Å². The molecule has 2 aromatic rings. The van der Waals surface area contributed by atoms with E-state index in [4.69, 9.17) is 14.2 Å². The van der Waals surface area contributed by atoms with Gasteiger partial charge in [0.25, 0.3) is 0 Å². The first kappa shape index (κ1) is 26.8. The molecule has 0 spiro atoms. The summed E-state index contributed by atoms with van der Waals surface area (Å²) in [6.45, 7) is 4.93. The van der Waals surface area contributed by atoms with E-state index in [-0.39, 0.29) is 19.2 Å². The van der Waals surface area contributed by atoms with Crippen LogP contribution >= 0.6 is 23.7 Å². The Morgan fingerprint density at radius 1 is 1.29 bits per heavy atom. The molecule has 3 heterocycles. The molecule has 2 aliphatic heterocycles. The monoisotopic (exact) mass is 522 g/mol. The molecule has 0 radical (unpaired) electrons. The van der Waals surface area contributed by atoms with Gasteiger partial charge in [0.2, 0.25) is 6.79 Å². The summed E-state index contributed by atoms with van der Waals surface area (Å²) in [7, 11) is 3.29. The second-order valence-electron chi connectivity index (χ2n) is 8.82. The predicted octanol–water partition coefficient (Wildman–Crippen LogP) is 4.01. The van der Waals surface area contributed by atoms with E-state index in [1.165, 1.54) is 12.0 Å². The number of para-hydroxylation sites is 1. The maximum atomic E-state index is 13.2. The summed E-state index contributed by atoms with van der Waals surface area (Å²) < 4.78 is 16.5. The number of carbonyl (C=O) groups is 2. The molecule has 0 bridgehead atoms. The maximum absolute atomic E-state index is 13.2. The average molecular weight is 523 g/mol. The van der Waals surface area contributed by atoms with E-state index in [9.17, 15) is 14.7 Å². The lowest BCUT2D eigenvalue weighted by atomic mass is 9.60. The molecular formula is C25H31ClN2O6S. The molecule has 1 aromatic heterocycles. The number of nitrogens with one attached hydrogen (secondary N) is 1. The number of esters is 1. The quantitative estimate of drug-likeness (QED) is 0.502. The molecule has 3 atom stereocenters. The van der Waals surface area contributed by atoms with Crippen LogP contribution in [-0.4, -0.2) is 55.5 Å². The van der Waals surface area contributed by atoms with Crippen molar-refractivity contribution in [3.8, 4) is 11.5 Å². The van der Waals surface area contributed by atoms with Gasteiger partial charge in [-0.25, -0.2) is 4.79 Å². The van der Waals surface area contributed by atoms with Crippen LogP contribution < -0.4 is 14.8 Å². The Kier molecular flexibility index (Phi) is 8.35. The van der Waals surface area contributed by atoms with Gasteiger partial charge in [-0.3, -0.25) is 4.79 Å². The minimum Gasteiger partial charge on any atom is -0.481 e. The molecule has 0 fully saturated rings. The Balaban J connectivity index is 0.00000342. The molecule has 10 heteroatoms. The number of rotatable bonds is 8. The number of nitrogens with zero attached hydrogens (tertiary/aromatic N) is 1. The molecule has 2 N–H and O–H groups in total. The number of thiophene rings is 1. The van der Waals surface area contributed by atoms with E-state index >= 15 is 0 Å². The minimum atomic E-state index is -1.34. The first-order chi connectivity index (χ1) is 16.3. The van der Waals surface area contributed by atoms with Crippen LogP contribution in [0.25, 0.3) is 0 Å². The molecule has 4 rings (SSSR count). The Bertz CT molecular complexity index is 1110. The van der Waals surface area contributed by atoms with E-state index in [1.807, 2.05) is 31.5 Å². The highest BCUT2D eigenvalue weighted by atomic mass is 35.5. The number of carbonyl (C=O) groups excluding carboxylic acids is 1. The van der Waals surface area contributed by atoms with Gasteiger partial charge in [-0.2, -0.15) is 0 Å². The van der Waals surface area contributed by atoms with Crippen molar-refractivity contribution in [2.75, 3.05) is 27.5 Å². The summed E-state index contributed by atoms with van der Waals surface area (Å²) >= 11 is 1.67. The first-order valence-electron chi connectivity index (χ1n) is 11.2. The lowest BCUT2D eigenvalue weighted by Crippen LogP contribution is -2.57. The number of methoxy groups -OCH3 is 1. The largest absolute Gasteiger partial charge is 0.481 e. The van der Waals surface area contributed by atoms with Gasteiger partial charge in [-0.05, 0) is 51.4 Å². The van der Waals surface area contributed by atoms with Gasteiger partial charge in [-0.1, -0.05) is 18.2 Å². The Labute approximate surface area is 215 Å². The number of benzene rings is 1. The van der Waals surface area contributed by atoms with Gasteiger partial charge in [0.15, 0.2) is 11.5 Å². The number of hydrogen-bond donors (Lipinski definition) is 2. The van der Waals surface area contributed by atoms with Crippen molar-refractivity contribution in [2.24, 2.45) is 5.41 Å². The number of halogens is 1. The zero-order valence-corrected chi connectivity index (χ0v) is 21.8. The number of fused-ring (bicyclic) bond motifs is 1. The van der Waals surface area contributed by atoms with E-state index in [2.05, 4.69) is 16.3 Å². The van der Waals surface area contributed by atoms with Gasteiger partial charge in [0.1, 0.15) is 5.41 Å². The fourth-order valence-electron chi connectivity index (χ4n) is 5.15. The van der Waals surface area contributed by atoms with Crippen molar-refractivity contribution in [2.45, 2.75) is 38.8 Å². The Morgan fingerprint density at radius 3 is 2.71 bits per heavy atom. The van der Waals surface area contributed by atoms with E-state index < -0.39 is 29.3 Å². The van der Waals surface area contributed by atoms with Crippen LogP contribution in [0.3, 0.4) is 0 Å². The van der Waals surface area contributed by atoms with Gasteiger partial charge < -0.3 is 29.5 Å². The van der Waals surface area contributed by atoms with E-state index in [1.54, 1.807) is 30.4 Å². The fraction of sp³-hybridized carbons (Fsp3) is 0.440. The number of ether oxygens (including phenoxy) is 3. The van der Waals surface area contributed by atoms with Crippen LogP contribution in [0.5, 0.6) is 11.5 Å². The SMILES string of the molecule is COC(=O)C1=C(C)NC(C)C(CCN(C)Cc2cccs2)(C(=O)O)C1c1cccc2c1OCO2.Cl. The summed E-state index contributed by atoms with van der Waals surface area (Å²) in [5.41, 5.74) is 0.178. The number of allylic oxidation sites excluding steroid dienone is 1. The van der Waals surface area contributed by atoms with Crippen molar-refractivity contribution in [1.82, 2.24) is 10.2 Å². The lowest BCUT2D eigenvalue weighted by molar-refractivity contribution is -0.154. The number of carboxylic acids is 1. The summed E-state index contributed by atoms with van der Waals surface area (Å²) in [5.74, 6) is -1.31. The van der Waals surface area contributed by atoms with Crippen LogP contribution in [0.4, 0.5) is 0 Å². The standard InChI is InChI=1S/C25H30N2O6S.ClH/c1-15-20(23(28)31-4)21(18-8-5-9-19-22(18)33-14-32-19)25(24(29)30,16(2)26-15)10-11-27(3)13-17-7-6-12-34-17;/h5-9,12,16,21,26H,10-11,13-14H2,1-4H3,(H,29,30);1H. The van der Waals surface area contributed by atoms with Gasteiger partial charge >= 0.3 is 11.9 Å². The van der Waals surface area contributed by atoms with E-state index in [0.29, 0.717) is 41.3 Å². The van der Waals surface area contributed by atoms with Gasteiger partial charge in [-0.15, -0.1) is 23.7 Å². The smallest absolute Gasteiger partial charge is 0.336 e. The van der Waals surface area contributed by atoms with Gasteiger partial charge in [0, 0.05) is 34.6 Å². The molecular weight excluding hydrogens is 492 g/mol. The number of hydrogen-bond acceptors (Lipinski definition) is 8. The molecule has 1 aromatic carbocycles. The number of carboxylic acid groups (broad SMARTS) is 1. The molecule has 35 heavy (non-hydrogen) atoms. The zero-order chi connectivity index (χ0) is 24.5. The highest BCUT2D eigenvalue weighted by molar-refractivity contribution is 7.09. The summed E-state index contributed by atoms with van der Waals surface area (Å²) in [5, 5.41) is 16.1. The first-order valence-corrected chi connectivity index (χ1v) is 12.1. The van der Waals surface area contributed by atoms with Crippen LogP contribution in [0.15, 0.2) is 47.0 Å². The summed E-state index contributed by atoms with van der Waals surface area (Å²) in [6.07, 6.45) is 0.307. The molecule has 190 valence electrons.